The van der Waals surface area contributed by atoms with Gasteiger partial charge in [-0.25, -0.2) is 24.0 Å². The summed E-state index contributed by atoms with van der Waals surface area (Å²) in [6, 6.07) is 38.8. The second-order valence-corrected chi connectivity index (χ2v) is 13.3. The van der Waals surface area contributed by atoms with E-state index in [0.29, 0.717) is 22.3 Å². The first kappa shape index (κ1) is 36.3. The lowest BCUT2D eigenvalue weighted by Crippen LogP contribution is -2.40. The molecule has 1 unspecified atom stereocenters. The van der Waals surface area contributed by atoms with E-state index in [-0.39, 0.29) is 12.4 Å². The number of carbonyl (C=O) groups is 3. The lowest BCUT2D eigenvalue weighted by molar-refractivity contribution is -0.143. The number of fused-ring (bicyclic) bond motifs is 1. The smallest absolute Gasteiger partial charge is 0.416 e. The number of urea groups is 1. The average Bonchev–Trinajstić information content (AvgIpc) is 3.53. The lowest BCUT2D eigenvalue weighted by Gasteiger charge is -2.37. The molecule has 0 spiro atoms. The summed E-state index contributed by atoms with van der Waals surface area (Å²) in [5.41, 5.74) is 2.01. The average molecular weight is 711 g/mol. The summed E-state index contributed by atoms with van der Waals surface area (Å²) in [5.74, 6) is -0.109. The van der Waals surface area contributed by atoms with Gasteiger partial charge in [0.05, 0.1) is 18.0 Å². The van der Waals surface area contributed by atoms with Gasteiger partial charge in [0.1, 0.15) is 17.0 Å². The van der Waals surface area contributed by atoms with Crippen molar-refractivity contribution >= 4 is 40.6 Å². The largest absolute Gasteiger partial charge is 0.467 e. The number of ether oxygens (including phenoxy) is 2. The molecule has 0 aliphatic rings. The molecule has 0 radical (unpaired) electrons. The molecule has 2 aromatic heterocycles. The monoisotopic (exact) mass is 710 g/mol. The van der Waals surface area contributed by atoms with Crippen molar-refractivity contribution in [1.29, 1.82) is 0 Å². The molecule has 11 heteroatoms. The fourth-order valence-corrected chi connectivity index (χ4v) is 6.43. The molecule has 2 heterocycles. The zero-order chi connectivity index (χ0) is 37.6. The van der Waals surface area contributed by atoms with Crippen LogP contribution in [0, 0.1) is 0 Å². The summed E-state index contributed by atoms with van der Waals surface area (Å²) in [7, 11) is 1.27. The standard InChI is InChI=1S/C42H42N6O5/c1-6-47(40(51)53-41(2,3)4)37-33-28-43-35(44-39(50)45-36(38(49)52-5)29-19-11-7-12-20-29)27-34(33)48(46-37)42(30-21-13-8-14-22-30,31-23-15-9-16-24-31)32-25-17-10-18-26-32/h7-28,36H,6H2,1-5H3,(H2,43,44,45,50). The zero-order valence-corrected chi connectivity index (χ0v) is 30.3. The first-order valence-corrected chi connectivity index (χ1v) is 17.3. The van der Waals surface area contributed by atoms with E-state index in [4.69, 9.17) is 14.6 Å². The molecule has 270 valence electrons. The van der Waals surface area contributed by atoms with E-state index in [1.54, 1.807) is 36.5 Å². The Balaban J connectivity index is 1.58. The van der Waals surface area contributed by atoms with Gasteiger partial charge in [-0.15, -0.1) is 0 Å². The van der Waals surface area contributed by atoms with Crippen LogP contribution in [0.3, 0.4) is 0 Å². The number of carbonyl (C=O) groups excluding carboxylic acids is 3. The van der Waals surface area contributed by atoms with E-state index in [0.717, 1.165) is 16.7 Å². The molecule has 3 amide bonds. The predicted octanol–water partition coefficient (Wildman–Crippen LogP) is 8.07. The van der Waals surface area contributed by atoms with Gasteiger partial charge >= 0.3 is 18.1 Å². The van der Waals surface area contributed by atoms with E-state index in [9.17, 15) is 14.4 Å². The molecule has 0 saturated carbocycles. The molecule has 0 bridgehead atoms. The fourth-order valence-electron chi connectivity index (χ4n) is 6.43. The Bertz CT molecular complexity index is 2090. The van der Waals surface area contributed by atoms with Gasteiger partial charge in [0.2, 0.25) is 0 Å². The van der Waals surface area contributed by atoms with Gasteiger partial charge in [-0.3, -0.25) is 10.2 Å². The van der Waals surface area contributed by atoms with Gasteiger partial charge in [0.15, 0.2) is 11.9 Å². The Morgan fingerprint density at radius 3 is 1.77 bits per heavy atom. The summed E-state index contributed by atoms with van der Waals surface area (Å²) in [4.78, 5) is 46.1. The van der Waals surface area contributed by atoms with E-state index >= 15 is 0 Å². The van der Waals surface area contributed by atoms with Crippen LogP contribution in [-0.4, -0.2) is 52.1 Å². The molecule has 0 saturated heterocycles. The number of hydrogen-bond donors (Lipinski definition) is 2. The Hall–Kier alpha value is -6.49. The number of nitrogens with one attached hydrogen (secondary N) is 2. The minimum atomic E-state index is -1.07. The predicted molar refractivity (Wildman–Crippen MR) is 205 cm³/mol. The van der Waals surface area contributed by atoms with Crippen molar-refractivity contribution in [2.24, 2.45) is 0 Å². The Labute approximate surface area is 308 Å². The molecule has 6 rings (SSSR count). The fraction of sp³-hybridized carbons (Fsp3) is 0.214. The van der Waals surface area contributed by atoms with E-state index in [1.807, 2.05) is 129 Å². The van der Waals surface area contributed by atoms with Crippen LogP contribution in [0.25, 0.3) is 10.9 Å². The third-order valence-corrected chi connectivity index (χ3v) is 8.71. The molecule has 0 aliphatic carbocycles. The van der Waals surface area contributed by atoms with Crippen molar-refractivity contribution in [3.05, 3.63) is 156 Å². The molecule has 0 fully saturated rings. The molecule has 53 heavy (non-hydrogen) atoms. The first-order chi connectivity index (χ1) is 25.6. The summed E-state index contributed by atoms with van der Waals surface area (Å²) >= 11 is 0. The van der Waals surface area contributed by atoms with E-state index in [2.05, 4.69) is 15.6 Å². The number of hydrogen-bond acceptors (Lipinski definition) is 7. The summed E-state index contributed by atoms with van der Waals surface area (Å²) in [6.45, 7) is 7.55. The minimum absolute atomic E-state index is 0.183. The number of anilines is 2. The number of benzene rings is 4. The minimum Gasteiger partial charge on any atom is -0.467 e. The van der Waals surface area contributed by atoms with Gasteiger partial charge in [0.25, 0.3) is 0 Å². The molecule has 2 N–H and O–H groups in total. The second kappa shape index (κ2) is 15.4. The third-order valence-electron chi connectivity index (χ3n) is 8.71. The van der Waals surface area contributed by atoms with Gasteiger partial charge in [-0.2, -0.15) is 5.10 Å². The maximum absolute atomic E-state index is 13.7. The Morgan fingerprint density at radius 2 is 1.30 bits per heavy atom. The van der Waals surface area contributed by atoms with Crippen LogP contribution in [0.1, 0.15) is 56.0 Å². The van der Waals surface area contributed by atoms with Crippen LogP contribution in [0.5, 0.6) is 0 Å². The van der Waals surface area contributed by atoms with Crippen molar-refractivity contribution in [2.75, 3.05) is 23.9 Å². The summed E-state index contributed by atoms with van der Waals surface area (Å²) in [5, 5.41) is 11.3. The van der Waals surface area contributed by atoms with Gasteiger partial charge in [-0.1, -0.05) is 121 Å². The molecular formula is C42H42N6O5. The topological polar surface area (TPSA) is 128 Å². The molecular weight excluding hydrogens is 668 g/mol. The Morgan fingerprint density at radius 1 is 0.792 bits per heavy atom. The highest BCUT2D eigenvalue weighted by Gasteiger charge is 2.42. The highest BCUT2D eigenvalue weighted by Crippen LogP contribution is 2.44. The number of amides is 3. The van der Waals surface area contributed by atoms with Crippen molar-refractivity contribution in [3.8, 4) is 0 Å². The second-order valence-electron chi connectivity index (χ2n) is 13.3. The van der Waals surface area contributed by atoms with Crippen LogP contribution < -0.4 is 15.5 Å². The number of aromatic nitrogens is 3. The van der Waals surface area contributed by atoms with Gasteiger partial charge in [-0.05, 0) is 49.9 Å². The van der Waals surface area contributed by atoms with Crippen LogP contribution in [-0.2, 0) is 19.8 Å². The van der Waals surface area contributed by atoms with Gasteiger partial charge in [0, 0.05) is 18.8 Å². The maximum Gasteiger partial charge on any atom is 0.416 e. The SMILES string of the molecule is CCN(C(=O)OC(C)(C)C)c1nn(C(c2ccccc2)(c2ccccc2)c2ccccc2)c2cc(NC(=O)NC(C(=O)OC)c3ccccc3)ncc12. The van der Waals surface area contributed by atoms with Crippen LogP contribution in [0.2, 0.25) is 0 Å². The number of rotatable bonds is 10. The highest BCUT2D eigenvalue weighted by atomic mass is 16.6. The lowest BCUT2D eigenvalue weighted by atomic mass is 9.77. The maximum atomic E-state index is 13.7. The summed E-state index contributed by atoms with van der Waals surface area (Å²) < 4.78 is 12.7. The van der Waals surface area contributed by atoms with Crippen molar-refractivity contribution in [2.45, 2.75) is 44.9 Å². The number of esters is 1. The van der Waals surface area contributed by atoms with Crippen LogP contribution in [0.4, 0.5) is 21.2 Å². The normalized spacial score (nSPS) is 12.1. The van der Waals surface area contributed by atoms with Crippen molar-refractivity contribution in [3.63, 3.8) is 0 Å². The highest BCUT2D eigenvalue weighted by molar-refractivity contribution is 6.01. The van der Waals surface area contributed by atoms with Crippen molar-refractivity contribution in [1.82, 2.24) is 20.1 Å². The quantitative estimate of drug-likeness (QED) is 0.109. The molecule has 6 aromatic rings. The first-order valence-electron chi connectivity index (χ1n) is 17.3. The Kier molecular flexibility index (Phi) is 10.6. The van der Waals surface area contributed by atoms with Crippen molar-refractivity contribution < 1.29 is 23.9 Å². The zero-order valence-electron chi connectivity index (χ0n) is 30.3. The molecule has 11 nitrogen and oxygen atoms in total. The van der Waals surface area contributed by atoms with E-state index in [1.165, 1.54) is 12.0 Å². The van der Waals surface area contributed by atoms with E-state index < -0.39 is 35.3 Å². The molecule has 0 aliphatic heterocycles. The number of nitrogens with zero attached hydrogens (tertiary/aromatic N) is 4. The molecule has 4 aromatic carbocycles. The third kappa shape index (κ3) is 7.45. The number of methoxy groups -OCH3 is 1. The van der Waals surface area contributed by atoms with Crippen LogP contribution >= 0.6 is 0 Å². The van der Waals surface area contributed by atoms with Crippen LogP contribution in [0.15, 0.2) is 134 Å². The number of pyridine rings is 1. The summed E-state index contributed by atoms with van der Waals surface area (Å²) in [6.07, 6.45) is 1.02. The van der Waals surface area contributed by atoms with Gasteiger partial charge < -0.3 is 14.8 Å². The molecule has 1 atom stereocenters.